The van der Waals surface area contributed by atoms with E-state index in [9.17, 15) is 24.9 Å². The van der Waals surface area contributed by atoms with Gasteiger partial charge in [0.2, 0.25) is 5.91 Å². The number of rotatable bonds is 5. The van der Waals surface area contributed by atoms with Gasteiger partial charge in [-0.05, 0) is 12.1 Å². The molecule has 0 saturated carbocycles. The van der Waals surface area contributed by atoms with Crippen molar-refractivity contribution in [3.8, 4) is 5.88 Å². The smallest absolute Gasteiger partial charge is 0.254 e. The summed E-state index contributed by atoms with van der Waals surface area (Å²) in [6, 6.07) is 5.25. The first-order valence-electron chi connectivity index (χ1n) is 12.4. The number of ether oxygens (including phenoxy) is 1. The first kappa shape index (κ1) is 25.0. The van der Waals surface area contributed by atoms with Crippen LogP contribution in [0.2, 0.25) is 0 Å². The number of carbonyl (C=O) groups is 2. The van der Waals surface area contributed by atoms with Crippen molar-refractivity contribution in [2.75, 3.05) is 43.8 Å². The third-order valence-corrected chi connectivity index (χ3v) is 7.18. The Hall–Kier alpha value is -4.31. The van der Waals surface area contributed by atoms with E-state index in [0.29, 0.717) is 53.8 Å². The Morgan fingerprint density at radius 2 is 1.90 bits per heavy atom. The van der Waals surface area contributed by atoms with Gasteiger partial charge in [-0.1, -0.05) is 6.07 Å². The number of aromatic hydroxyl groups is 1. The fraction of sp³-hybridized carbons (Fsp3) is 0.375. The number of hydrogen-bond acceptors (Lipinski definition) is 11. The van der Waals surface area contributed by atoms with Crippen LogP contribution < -0.4 is 11.1 Å². The van der Waals surface area contributed by atoms with Crippen LogP contribution in [0.4, 0.5) is 11.5 Å². The Morgan fingerprint density at radius 1 is 1.10 bits per heavy atom. The van der Waals surface area contributed by atoms with Crippen LogP contribution in [0.15, 0.2) is 37.1 Å². The second-order valence-electron chi connectivity index (χ2n) is 9.57. The molecule has 1 aromatic carbocycles. The van der Waals surface area contributed by atoms with Crippen molar-refractivity contribution in [2.24, 2.45) is 0 Å². The lowest BCUT2D eigenvalue weighted by Crippen LogP contribution is -2.54. The molecule has 0 bridgehead atoms. The van der Waals surface area contributed by atoms with E-state index in [1.165, 1.54) is 17.2 Å². The van der Waals surface area contributed by atoms with Gasteiger partial charge >= 0.3 is 0 Å². The first-order chi connectivity index (χ1) is 18.8. The summed E-state index contributed by atoms with van der Waals surface area (Å²) in [5.41, 5.74) is 7.04. The molecule has 0 radical (unpaired) electrons. The van der Waals surface area contributed by atoms with E-state index >= 15 is 0 Å². The van der Waals surface area contributed by atoms with Crippen molar-refractivity contribution < 1.29 is 29.6 Å². The number of anilines is 2. The molecular weight excluding hydrogens is 510 g/mol. The molecule has 204 valence electrons. The third-order valence-electron chi connectivity index (χ3n) is 7.18. The number of carbonyl (C=O) groups excluding carboxylic acids is 2. The maximum atomic E-state index is 13.2. The number of aliphatic hydroxyl groups is 2. The Bertz CT molecular complexity index is 1550. The highest BCUT2D eigenvalue weighted by atomic mass is 16.6. The van der Waals surface area contributed by atoms with Gasteiger partial charge in [0.15, 0.2) is 29.7 Å². The van der Waals surface area contributed by atoms with Crippen molar-refractivity contribution in [1.29, 1.82) is 0 Å². The van der Waals surface area contributed by atoms with Crippen molar-refractivity contribution in [3.63, 3.8) is 0 Å². The summed E-state index contributed by atoms with van der Waals surface area (Å²) in [5.74, 6) is -0.480. The lowest BCUT2D eigenvalue weighted by molar-refractivity contribution is -0.150. The van der Waals surface area contributed by atoms with Gasteiger partial charge in [0.1, 0.15) is 24.1 Å². The molecule has 2 saturated heterocycles. The standard InChI is InChI=1S/C24H27N9O6/c25-20-16-21(28-10-27-20)33(11-29-16)24-18(36)17(35)19(39-24)23(38)32-6-4-31(5-7-32)9-15(34)30-14-3-1-2-12-13(14)8-26-22(12)37/h1-3,8,10-11,17-19,24,26,35-37H,4-7,9H2,(H,30,34)(H2,25,27,28)/t17-,18+,19?,24?/m0/s1. The summed E-state index contributed by atoms with van der Waals surface area (Å²) < 4.78 is 7.24. The van der Waals surface area contributed by atoms with Crippen LogP contribution >= 0.6 is 0 Å². The molecule has 15 heteroatoms. The number of nitrogen functional groups attached to an aromatic ring is 1. The van der Waals surface area contributed by atoms with Crippen molar-refractivity contribution in [1.82, 2.24) is 34.3 Å². The average molecular weight is 538 g/mol. The van der Waals surface area contributed by atoms with Crippen LogP contribution in [0.1, 0.15) is 6.23 Å². The van der Waals surface area contributed by atoms with Gasteiger partial charge in [-0.3, -0.25) is 19.1 Å². The largest absolute Gasteiger partial charge is 0.494 e. The Balaban J connectivity index is 1.06. The SMILES string of the molecule is Nc1ncnc2c1ncn2C1OC(C(=O)N2CCN(CC(=O)Nc3cccc4c(O)[nH]cc34)CC2)[C@@H](O)[C@H]1O. The number of nitrogens with one attached hydrogen (secondary N) is 2. The number of imidazole rings is 1. The zero-order valence-electron chi connectivity index (χ0n) is 20.6. The maximum Gasteiger partial charge on any atom is 0.254 e. The normalized spacial score (nSPS) is 24.0. The van der Waals surface area contributed by atoms with Crippen LogP contribution in [0.5, 0.6) is 5.88 Å². The summed E-state index contributed by atoms with van der Waals surface area (Å²) in [4.78, 5) is 44.3. The van der Waals surface area contributed by atoms with Gasteiger partial charge < -0.3 is 41.0 Å². The second-order valence-corrected chi connectivity index (χ2v) is 9.57. The first-order valence-corrected chi connectivity index (χ1v) is 12.4. The average Bonchev–Trinajstić information content (AvgIpc) is 3.61. The molecular formula is C24H27N9O6. The Labute approximate surface area is 220 Å². The number of piperazine rings is 1. The highest BCUT2D eigenvalue weighted by Gasteiger charge is 2.49. The van der Waals surface area contributed by atoms with Crippen LogP contribution in [0.3, 0.4) is 0 Å². The van der Waals surface area contributed by atoms with Gasteiger partial charge in [0.05, 0.1) is 18.6 Å². The molecule has 4 aromatic rings. The molecule has 3 aromatic heterocycles. The summed E-state index contributed by atoms with van der Waals surface area (Å²) in [7, 11) is 0. The van der Waals surface area contributed by atoms with Gasteiger partial charge in [0.25, 0.3) is 5.91 Å². The lowest BCUT2D eigenvalue weighted by atomic mass is 10.1. The minimum Gasteiger partial charge on any atom is -0.494 e. The van der Waals surface area contributed by atoms with Crippen LogP contribution in [-0.2, 0) is 14.3 Å². The van der Waals surface area contributed by atoms with Crippen molar-refractivity contribution in [3.05, 3.63) is 37.1 Å². The van der Waals surface area contributed by atoms with Crippen LogP contribution in [0.25, 0.3) is 21.9 Å². The van der Waals surface area contributed by atoms with Crippen LogP contribution in [-0.4, -0.2) is 112 Å². The van der Waals surface area contributed by atoms with Gasteiger partial charge in [-0.2, -0.15) is 0 Å². The zero-order chi connectivity index (χ0) is 27.3. The molecule has 2 aliphatic heterocycles. The summed E-state index contributed by atoms with van der Waals surface area (Å²) in [6.07, 6.45) is -0.987. The molecule has 6 rings (SSSR count). The van der Waals surface area contributed by atoms with Crippen molar-refractivity contribution in [2.45, 2.75) is 24.5 Å². The number of amides is 2. The molecule has 0 aliphatic carbocycles. The maximum absolute atomic E-state index is 13.2. The minimum atomic E-state index is -1.46. The topological polar surface area (TPSA) is 208 Å². The number of hydrogen-bond donors (Lipinski definition) is 6. The van der Waals surface area contributed by atoms with E-state index in [1.54, 1.807) is 29.3 Å². The van der Waals surface area contributed by atoms with Gasteiger partial charge in [0, 0.05) is 43.1 Å². The molecule has 15 nitrogen and oxygen atoms in total. The summed E-state index contributed by atoms with van der Waals surface area (Å²) in [5, 5.41) is 35.4. The number of fused-ring (bicyclic) bond motifs is 2. The monoisotopic (exact) mass is 537 g/mol. The van der Waals surface area contributed by atoms with E-state index in [4.69, 9.17) is 10.5 Å². The zero-order valence-corrected chi connectivity index (χ0v) is 20.6. The lowest BCUT2D eigenvalue weighted by Gasteiger charge is -2.35. The molecule has 4 atom stereocenters. The molecule has 0 spiro atoms. The number of aromatic amines is 1. The van der Waals surface area contributed by atoms with E-state index in [1.807, 2.05) is 4.90 Å². The summed E-state index contributed by atoms with van der Waals surface area (Å²) in [6.45, 7) is 1.63. The van der Waals surface area contributed by atoms with Gasteiger partial charge in [-0.25, -0.2) is 15.0 Å². The predicted octanol–water partition coefficient (Wildman–Crippen LogP) is -1.00. The number of nitrogens with zero attached hydrogens (tertiary/aromatic N) is 6. The van der Waals surface area contributed by atoms with E-state index < -0.39 is 30.4 Å². The summed E-state index contributed by atoms with van der Waals surface area (Å²) >= 11 is 0. The number of benzene rings is 1. The fourth-order valence-corrected chi connectivity index (χ4v) is 5.10. The highest BCUT2D eigenvalue weighted by Crippen LogP contribution is 2.33. The highest BCUT2D eigenvalue weighted by molar-refractivity contribution is 6.04. The molecule has 39 heavy (non-hydrogen) atoms. The van der Waals surface area contributed by atoms with E-state index in [-0.39, 0.29) is 24.1 Å². The van der Waals surface area contributed by atoms with Crippen molar-refractivity contribution >= 4 is 45.3 Å². The fourth-order valence-electron chi connectivity index (χ4n) is 5.10. The Kier molecular flexibility index (Phi) is 6.26. The molecule has 2 amide bonds. The number of aromatic nitrogens is 5. The number of nitrogens with two attached hydrogens (primary N) is 1. The quantitative estimate of drug-likeness (QED) is 0.182. The molecule has 2 unspecified atom stereocenters. The molecule has 2 aliphatic rings. The minimum absolute atomic E-state index is 0.0362. The molecule has 7 N–H and O–H groups in total. The molecule has 5 heterocycles. The van der Waals surface area contributed by atoms with Crippen LogP contribution in [0, 0.1) is 0 Å². The third kappa shape index (κ3) is 4.40. The number of H-pyrrole nitrogens is 1. The predicted molar refractivity (Wildman–Crippen MR) is 137 cm³/mol. The number of aliphatic hydroxyl groups excluding tert-OH is 2. The molecule has 2 fully saturated rings. The van der Waals surface area contributed by atoms with Gasteiger partial charge in [-0.15, -0.1) is 0 Å². The second kappa shape index (κ2) is 9.77. The van der Waals surface area contributed by atoms with E-state index in [2.05, 4.69) is 25.3 Å². The Morgan fingerprint density at radius 3 is 2.69 bits per heavy atom. The van der Waals surface area contributed by atoms with E-state index in [0.717, 1.165) is 0 Å².